The van der Waals surface area contributed by atoms with Gasteiger partial charge in [0.25, 0.3) is 0 Å². The number of aromatic nitrogens is 3. The molecular formula is C15H14ClN5OS3. The van der Waals surface area contributed by atoms with Gasteiger partial charge in [-0.1, -0.05) is 40.8 Å². The van der Waals surface area contributed by atoms with Crippen LogP contribution in [0.25, 0.3) is 0 Å². The highest BCUT2D eigenvalue weighted by Gasteiger charge is 2.11. The Hall–Kier alpha value is -1.68. The van der Waals surface area contributed by atoms with Crippen LogP contribution in [0.15, 0.2) is 27.9 Å². The third kappa shape index (κ3) is 4.91. The van der Waals surface area contributed by atoms with Crippen LogP contribution in [-0.2, 0) is 4.79 Å². The third-order valence-corrected chi connectivity index (χ3v) is 6.36. The second-order valence-corrected chi connectivity index (χ2v) is 8.51. The van der Waals surface area contributed by atoms with Crippen LogP contribution in [0.5, 0.6) is 0 Å². The number of anilines is 3. The molecule has 2 N–H and O–H groups in total. The number of carbonyl (C=O) groups excluding carboxylic acids is 1. The molecule has 0 bridgehead atoms. The molecule has 6 nitrogen and oxygen atoms in total. The van der Waals surface area contributed by atoms with E-state index in [1.165, 1.54) is 34.4 Å². The average molecular weight is 412 g/mol. The van der Waals surface area contributed by atoms with Crippen molar-refractivity contribution in [3.05, 3.63) is 39.9 Å². The molecule has 0 aliphatic heterocycles. The first-order valence-electron chi connectivity index (χ1n) is 7.21. The minimum atomic E-state index is -0.116. The summed E-state index contributed by atoms with van der Waals surface area (Å²) >= 11 is 10.2. The van der Waals surface area contributed by atoms with Crippen molar-refractivity contribution in [3.63, 3.8) is 0 Å². The molecule has 0 saturated heterocycles. The number of thiazole rings is 1. The zero-order chi connectivity index (χ0) is 17.8. The summed E-state index contributed by atoms with van der Waals surface area (Å²) in [5.41, 5.74) is 2.73. The van der Waals surface area contributed by atoms with Crippen molar-refractivity contribution in [1.82, 2.24) is 15.2 Å². The smallest absolute Gasteiger partial charge is 0.236 e. The Labute approximate surface area is 162 Å². The van der Waals surface area contributed by atoms with Crippen LogP contribution >= 0.6 is 46.0 Å². The van der Waals surface area contributed by atoms with Gasteiger partial charge in [0, 0.05) is 16.1 Å². The average Bonchev–Trinajstić information content (AvgIpc) is 3.19. The Morgan fingerprint density at radius 1 is 1.28 bits per heavy atom. The van der Waals surface area contributed by atoms with Crippen LogP contribution in [-0.4, -0.2) is 26.8 Å². The number of rotatable bonds is 6. The van der Waals surface area contributed by atoms with Crippen LogP contribution in [0.1, 0.15) is 11.3 Å². The molecule has 0 unspecified atom stereocenters. The predicted molar refractivity (Wildman–Crippen MR) is 106 cm³/mol. The molecular weight excluding hydrogens is 398 g/mol. The number of hydrogen-bond acceptors (Lipinski definition) is 8. The van der Waals surface area contributed by atoms with Crippen molar-refractivity contribution in [2.24, 2.45) is 0 Å². The number of thioether (sulfide) groups is 1. The summed E-state index contributed by atoms with van der Waals surface area (Å²) in [6.45, 7) is 3.82. The molecule has 2 heterocycles. The molecule has 0 saturated carbocycles. The van der Waals surface area contributed by atoms with Gasteiger partial charge in [0.05, 0.1) is 11.4 Å². The Balaban J connectivity index is 1.54. The fraction of sp³-hybridized carbons (Fsp3) is 0.200. The van der Waals surface area contributed by atoms with E-state index in [4.69, 9.17) is 11.6 Å². The Kier molecular flexibility index (Phi) is 5.89. The molecule has 0 radical (unpaired) electrons. The molecule has 0 spiro atoms. The first-order valence-corrected chi connectivity index (χ1v) is 10.3. The van der Waals surface area contributed by atoms with E-state index >= 15 is 0 Å². The fourth-order valence-corrected chi connectivity index (χ4v) is 4.31. The lowest BCUT2D eigenvalue weighted by atomic mass is 10.2. The van der Waals surface area contributed by atoms with E-state index in [9.17, 15) is 4.79 Å². The van der Waals surface area contributed by atoms with Crippen molar-refractivity contribution < 1.29 is 4.79 Å². The number of hydrogen-bond donors (Lipinski definition) is 2. The Morgan fingerprint density at radius 2 is 2.12 bits per heavy atom. The molecule has 130 valence electrons. The summed E-state index contributed by atoms with van der Waals surface area (Å²) < 4.78 is 0.715. The number of amides is 1. The van der Waals surface area contributed by atoms with Gasteiger partial charge in [-0.05, 0) is 31.5 Å². The normalized spacial score (nSPS) is 10.7. The van der Waals surface area contributed by atoms with Crippen LogP contribution in [0, 0.1) is 13.8 Å². The number of benzene rings is 1. The molecule has 0 fully saturated rings. The van der Waals surface area contributed by atoms with Crippen LogP contribution in [0.3, 0.4) is 0 Å². The fourth-order valence-electron chi connectivity index (χ4n) is 1.87. The number of halogens is 1. The monoisotopic (exact) mass is 411 g/mol. The van der Waals surface area contributed by atoms with E-state index in [1.807, 2.05) is 37.4 Å². The van der Waals surface area contributed by atoms with Gasteiger partial charge >= 0.3 is 0 Å². The maximum atomic E-state index is 11.9. The lowest BCUT2D eigenvalue weighted by Crippen LogP contribution is -2.13. The van der Waals surface area contributed by atoms with Gasteiger partial charge < -0.3 is 10.6 Å². The largest absolute Gasteiger partial charge is 0.330 e. The van der Waals surface area contributed by atoms with E-state index in [0.717, 1.165) is 16.9 Å². The quantitative estimate of drug-likeness (QED) is 0.570. The molecule has 2 aromatic heterocycles. The molecule has 0 aliphatic rings. The molecule has 3 aromatic rings. The SMILES string of the molecule is Cc1csc(NC(=O)CSc2nnc(Nc3cccc(Cl)c3C)s2)n1. The molecule has 0 aliphatic carbocycles. The van der Waals surface area contributed by atoms with Crippen molar-refractivity contribution in [2.45, 2.75) is 18.2 Å². The number of aryl methyl sites for hydroxylation is 1. The second-order valence-electron chi connectivity index (χ2n) is 5.04. The highest BCUT2D eigenvalue weighted by molar-refractivity contribution is 8.01. The second kappa shape index (κ2) is 8.13. The zero-order valence-corrected chi connectivity index (χ0v) is 16.6. The number of carbonyl (C=O) groups is 1. The van der Waals surface area contributed by atoms with Gasteiger partial charge in [-0.3, -0.25) is 4.79 Å². The van der Waals surface area contributed by atoms with Crippen LogP contribution < -0.4 is 10.6 Å². The summed E-state index contributed by atoms with van der Waals surface area (Å²) in [6, 6.07) is 5.64. The van der Waals surface area contributed by atoms with Gasteiger partial charge in [-0.25, -0.2) is 4.98 Å². The molecule has 1 aromatic carbocycles. The third-order valence-electron chi connectivity index (χ3n) is 3.11. The number of nitrogens with zero attached hydrogens (tertiary/aromatic N) is 3. The molecule has 25 heavy (non-hydrogen) atoms. The summed E-state index contributed by atoms with van der Waals surface area (Å²) in [6.07, 6.45) is 0. The van der Waals surface area contributed by atoms with E-state index in [1.54, 1.807) is 0 Å². The van der Waals surface area contributed by atoms with E-state index in [2.05, 4.69) is 25.8 Å². The van der Waals surface area contributed by atoms with Gasteiger partial charge in [-0.15, -0.1) is 21.5 Å². The van der Waals surface area contributed by atoms with Gasteiger partial charge in [0.1, 0.15) is 0 Å². The predicted octanol–water partition coefficient (Wildman–Crippen LogP) is 4.74. The summed E-state index contributed by atoms with van der Waals surface area (Å²) in [7, 11) is 0. The summed E-state index contributed by atoms with van der Waals surface area (Å²) in [4.78, 5) is 16.1. The topological polar surface area (TPSA) is 79.8 Å². The lowest BCUT2D eigenvalue weighted by molar-refractivity contribution is -0.113. The Morgan fingerprint density at radius 3 is 2.88 bits per heavy atom. The van der Waals surface area contributed by atoms with Gasteiger partial charge in [0.2, 0.25) is 11.0 Å². The Bertz CT molecular complexity index is 895. The maximum absolute atomic E-state index is 11.9. The molecule has 10 heteroatoms. The minimum Gasteiger partial charge on any atom is -0.330 e. The van der Waals surface area contributed by atoms with Crippen LogP contribution in [0.2, 0.25) is 5.02 Å². The zero-order valence-electron chi connectivity index (χ0n) is 13.4. The highest BCUT2D eigenvalue weighted by atomic mass is 35.5. The van der Waals surface area contributed by atoms with Crippen molar-refractivity contribution >= 4 is 67.9 Å². The standard InChI is InChI=1S/C15H14ClN5OS3/c1-8-6-23-13(17-8)19-12(22)7-24-15-21-20-14(25-15)18-11-5-3-4-10(16)9(11)2/h3-6H,7H2,1-2H3,(H,18,20)(H,17,19,22). The van der Waals surface area contributed by atoms with Gasteiger partial charge in [-0.2, -0.15) is 0 Å². The van der Waals surface area contributed by atoms with Crippen molar-refractivity contribution in [3.8, 4) is 0 Å². The molecule has 3 rings (SSSR count). The van der Waals surface area contributed by atoms with Crippen molar-refractivity contribution in [1.29, 1.82) is 0 Å². The summed E-state index contributed by atoms with van der Waals surface area (Å²) in [5, 5.41) is 18.0. The number of nitrogens with one attached hydrogen (secondary N) is 2. The van der Waals surface area contributed by atoms with Crippen molar-refractivity contribution in [2.75, 3.05) is 16.4 Å². The highest BCUT2D eigenvalue weighted by Crippen LogP contribution is 2.30. The summed E-state index contributed by atoms with van der Waals surface area (Å²) in [5.74, 6) is 0.137. The minimum absolute atomic E-state index is 0.116. The maximum Gasteiger partial charge on any atom is 0.236 e. The molecule has 0 atom stereocenters. The van der Waals surface area contributed by atoms with E-state index in [-0.39, 0.29) is 11.7 Å². The van der Waals surface area contributed by atoms with E-state index < -0.39 is 0 Å². The molecule has 1 amide bonds. The first kappa shape index (κ1) is 18.1. The van der Waals surface area contributed by atoms with Crippen LogP contribution in [0.4, 0.5) is 16.0 Å². The lowest BCUT2D eigenvalue weighted by Gasteiger charge is -2.06. The first-order chi connectivity index (χ1) is 12.0. The van der Waals surface area contributed by atoms with E-state index in [0.29, 0.717) is 19.6 Å². The van der Waals surface area contributed by atoms with Gasteiger partial charge in [0.15, 0.2) is 9.47 Å².